The average molecular weight is 309 g/mol. The fourth-order valence-corrected chi connectivity index (χ4v) is 4.38. The summed E-state index contributed by atoms with van der Waals surface area (Å²) >= 11 is 0. The number of hydrogen-bond donors (Lipinski definition) is 2. The van der Waals surface area contributed by atoms with Crippen LogP contribution in [0, 0.1) is 11.8 Å². The maximum Gasteiger partial charge on any atom is 0.145 e. The molecule has 3 rings (SSSR count). The maximum absolute atomic E-state index is 11.3. The highest BCUT2D eigenvalue weighted by Gasteiger charge is 2.51. The zero-order valence-electron chi connectivity index (χ0n) is 14.3. The van der Waals surface area contributed by atoms with E-state index < -0.39 is 5.72 Å². The number of nitrogens with one attached hydrogen (secondary N) is 1. The summed E-state index contributed by atoms with van der Waals surface area (Å²) in [6, 6.07) is 19.0. The van der Waals surface area contributed by atoms with Crippen molar-refractivity contribution in [3.63, 3.8) is 0 Å². The molecular weight excluding hydrogens is 282 g/mol. The lowest BCUT2D eigenvalue weighted by molar-refractivity contribution is -0.0639. The van der Waals surface area contributed by atoms with Gasteiger partial charge < -0.3 is 5.11 Å². The van der Waals surface area contributed by atoms with Gasteiger partial charge in [0.15, 0.2) is 0 Å². The summed E-state index contributed by atoms with van der Waals surface area (Å²) in [7, 11) is 1.87. The first-order valence-electron chi connectivity index (χ1n) is 8.62. The van der Waals surface area contributed by atoms with E-state index in [0.29, 0.717) is 11.8 Å². The van der Waals surface area contributed by atoms with E-state index in [9.17, 15) is 5.11 Å². The first-order chi connectivity index (χ1) is 11.1. The van der Waals surface area contributed by atoms with Crippen molar-refractivity contribution in [1.29, 1.82) is 0 Å². The van der Waals surface area contributed by atoms with Crippen LogP contribution in [0.15, 0.2) is 54.6 Å². The molecule has 2 nitrogen and oxygen atoms in total. The fraction of sp³-hybridized carbons (Fsp3) is 0.429. The van der Waals surface area contributed by atoms with E-state index in [4.69, 9.17) is 0 Å². The van der Waals surface area contributed by atoms with Gasteiger partial charge in [0, 0.05) is 11.5 Å². The highest BCUT2D eigenvalue weighted by Crippen LogP contribution is 2.52. The van der Waals surface area contributed by atoms with Gasteiger partial charge in [0.1, 0.15) is 5.72 Å². The Morgan fingerprint density at radius 2 is 1.70 bits per heavy atom. The molecule has 2 aromatic carbocycles. The highest BCUT2D eigenvalue weighted by atomic mass is 16.3. The van der Waals surface area contributed by atoms with Crippen LogP contribution in [0.5, 0.6) is 0 Å². The van der Waals surface area contributed by atoms with Crippen molar-refractivity contribution in [1.82, 2.24) is 5.32 Å². The van der Waals surface area contributed by atoms with Crippen molar-refractivity contribution in [3.05, 3.63) is 71.3 Å². The van der Waals surface area contributed by atoms with Crippen LogP contribution < -0.4 is 5.32 Å². The SMILES string of the molecule is CNC1(O)c2ccccc2C(CCc2ccccc2)C1C(C)C. The van der Waals surface area contributed by atoms with Crippen LogP contribution in [0.4, 0.5) is 0 Å². The summed E-state index contributed by atoms with van der Waals surface area (Å²) in [5.74, 6) is 0.970. The molecule has 0 fully saturated rings. The van der Waals surface area contributed by atoms with E-state index in [1.165, 1.54) is 11.1 Å². The number of hydrogen-bond acceptors (Lipinski definition) is 2. The number of aliphatic hydroxyl groups is 1. The van der Waals surface area contributed by atoms with Gasteiger partial charge in [0.05, 0.1) is 0 Å². The molecule has 0 aliphatic heterocycles. The first kappa shape index (κ1) is 16.2. The molecule has 0 amide bonds. The molecular formula is C21H27NO. The Kier molecular flexibility index (Phi) is 4.56. The molecule has 2 heteroatoms. The molecule has 0 saturated heterocycles. The molecule has 0 aromatic heterocycles. The molecule has 2 aromatic rings. The van der Waals surface area contributed by atoms with Crippen LogP contribution in [-0.2, 0) is 12.1 Å². The first-order valence-corrected chi connectivity index (χ1v) is 8.62. The van der Waals surface area contributed by atoms with Gasteiger partial charge in [-0.2, -0.15) is 0 Å². The Balaban J connectivity index is 1.93. The van der Waals surface area contributed by atoms with E-state index in [0.717, 1.165) is 18.4 Å². The summed E-state index contributed by atoms with van der Waals surface area (Å²) in [6.07, 6.45) is 2.11. The Hall–Kier alpha value is -1.64. The lowest BCUT2D eigenvalue weighted by Crippen LogP contribution is -2.46. The minimum Gasteiger partial charge on any atom is -0.371 e. The Labute approximate surface area is 139 Å². The predicted octanol–water partition coefficient (Wildman–Crippen LogP) is 4.05. The van der Waals surface area contributed by atoms with Crippen LogP contribution in [0.3, 0.4) is 0 Å². The van der Waals surface area contributed by atoms with Gasteiger partial charge in [0.25, 0.3) is 0 Å². The third-order valence-electron chi connectivity index (χ3n) is 5.37. The van der Waals surface area contributed by atoms with Crippen molar-refractivity contribution >= 4 is 0 Å². The molecule has 1 aliphatic rings. The predicted molar refractivity (Wildman–Crippen MR) is 95.2 cm³/mol. The topological polar surface area (TPSA) is 32.3 Å². The Morgan fingerprint density at radius 1 is 1.04 bits per heavy atom. The van der Waals surface area contributed by atoms with E-state index in [1.807, 2.05) is 13.1 Å². The summed E-state index contributed by atoms with van der Waals surface area (Å²) in [5.41, 5.74) is 2.80. The second kappa shape index (κ2) is 6.46. The molecule has 0 bridgehead atoms. The van der Waals surface area contributed by atoms with Crippen molar-refractivity contribution in [2.75, 3.05) is 7.05 Å². The zero-order chi connectivity index (χ0) is 16.4. The maximum atomic E-state index is 11.3. The van der Waals surface area contributed by atoms with Crippen LogP contribution in [0.25, 0.3) is 0 Å². The molecule has 0 radical (unpaired) electrons. The number of rotatable bonds is 5. The van der Waals surface area contributed by atoms with E-state index in [-0.39, 0.29) is 5.92 Å². The number of aryl methyl sites for hydroxylation is 1. The Morgan fingerprint density at radius 3 is 2.35 bits per heavy atom. The quantitative estimate of drug-likeness (QED) is 0.817. The molecule has 0 spiro atoms. The summed E-state index contributed by atoms with van der Waals surface area (Å²) < 4.78 is 0. The fourth-order valence-electron chi connectivity index (χ4n) is 4.38. The minimum atomic E-state index is -0.924. The van der Waals surface area contributed by atoms with Crippen LogP contribution in [-0.4, -0.2) is 12.2 Å². The van der Waals surface area contributed by atoms with Gasteiger partial charge >= 0.3 is 0 Å². The zero-order valence-corrected chi connectivity index (χ0v) is 14.3. The van der Waals surface area contributed by atoms with Crippen LogP contribution in [0.2, 0.25) is 0 Å². The average Bonchev–Trinajstić information content (AvgIpc) is 2.84. The highest BCUT2D eigenvalue weighted by molar-refractivity contribution is 5.42. The number of fused-ring (bicyclic) bond motifs is 1. The van der Waals surface area contributed by atoms with Crippen molar-refractivity contribution in [2.24, 2.45) is 11.8 Å². The molecule has 0 saturated carbocycles. The molecule has 2 N–H and O–H groups in total. The summed E-state index contributed by atoms with van der Waals surface area (Å²) in [5, 5.41) is 14.6. The molecule has 3 unspecified atom stereocenters. The standard InChI is InChI=1S/C21H27NO/c1-15(2)20-18(14-13-16-9-5-4-6-10-16)17-11-7-8-12-19(17)21(20,23)22-3/h4-12,15,18,20,22-23H,13-14H2,1-3H3. The third kappa shape index (κ3) is 2.82. The van der Waals surface area contributed by atoms with E-state index in [1.54, 1.807) is 0 Å². The van der Waals surface area contributed by atoms with E-state index in [2.05, 4.69) is 67.7 Å². The summed E-state index contributed by atoms with van der Waals surface area (Å²) in [4.78, 5) is 0. The minimum absolute atomic E-state index is 0.189. The molecule has 1 aliphatic carbocycles. The normalized spacial score (nSPS) is 26.5. The molecule has 122 valence electrons. The third-order valence-corrected chi connectivity index (χ3v) is 5.37. The molecule has 23 heavy (non-hydrogen) atoms. The van der Waals surface area contributed by atoms with Crippen molar-refractivity contribution in [2.45, 2.75) is 38.3 Å². The monoisotopic (exact) mass is 309 g/mol. The van der Waals surface area contributed by atoms with Gasteiger partial charge in [-0.3, -0.25) is 5.32 Å². The molecule has 3 atom stereocenters. The largest absolute Gasteiger partial charge is 0.371 e. The second-order valence-corrected chi connectivity index (χ2v) is 7.00. The smallest absolute Gasteiger partial charge is 0.145 e. The lowest BCUT2D eigenvalue weighted by Gasteiger charge is -2.36. The van der Waals surface area contributed by atoms with Crippen LogP contribution in [0.1, 0.15) is 42.9 Å². The van der Waals surface area contributed by atoms with Gasteiger partial charge in [-0.05, 0) is 42.9 Å². The van der Waals surface area contributed by atoms with Gasteiger partial charge in [0.2, 0.25) is 0 Å². The van der Waals surface area contributed by atoms with Crippen molar-refractivity contribution in [3.8, 4) is 0 Å². The number of benzene rings is 2. The molecule has 0 heterocycles. The van der Waals surface area contributed by atoms with Crippen molar-refractivity contribution < 1.29 is 5.11 Å². The van der Waals surface area contributed by atoms with E-state index >= 15 is 0 Å². The van der Waals surface area contributed by atoms with Crippen LogP contribution >= 0.6 is 0 Å². The van der Waals surface area contributed by atoms with Gasteiger partial charge in [-0.15, -0.1) is 0 Å². The van der Waals surface area contributed by atoms with Gasteiger partial charge in [-0.25, -0.2) is 0 Å². The van der Waals surface area contributed by atoms with Gasteiger partial charge in [-0.1, -0.05) is 68.4 Å². The Bertz CT molecular complexity index is 652. The second-order valence-electron chi connectivity index (χ2n) is 7.00. The summed E-state index contributed by atoms with van der Waals surface area (Å²) in [6.45, 7) is 4.43. The lowest BCUT2D eigenvalue weighted by atomic mass is 9.77.